The van der Waals surface area contributed by atoms with Gasteiger partial charge in [0.25, 0.3) is 5.91 Å². The highest BCUT2D eigenvalue weighted by molar-refractivity contribution is 7.16. The molecule has 0 bridgehead atoms. The molecule has 0 aliphatic rings. The van der Waals surface area contributed by atoms with Gasteiger partial charge in [0.05, 0.1) is 16.1 Å². The number of nitrogens with zero attached hydrogens (tertiary/aromatic N) is 2. The maximum atomic E-state index is 11.1. The number of carbonyl (C=O) groups is 1. The summed E-state index contributed by atoms with van der Waals surface area (Å²) in [6.45, 7) is 1.88. The van der Waals surface area contributed by atoms with Gasteiger partial charge < -0.3 is 11.5 Å². The van der Waals surface area contributed by atoms with Crippen molar-refractivity contribution in [3.05, 3.63) is 39.3 Å². The van der Waals surface area contributed by atoms with Crippen LogP contribution in [0.15, 0.2) is 24.5 Å². The molecule has 2 unspecified atom stereocenters. The second-order valence-electron chi connectivity index (χ2n) is 4.02. The van der Waals surface area contributed by atoms with Crippen LogP contribution in [0.25, 0.3) is 0 Å². The first-order valence-electron chi connectivity index (χ1n) is 5.34. The SMILES string of the molecule is CC(N)C(c1ccc(Cl)s1)n1cc(C(N)=O)cn1. The molecule has 2 rings (SSSR count). The minimum atomic E-state index is -0.506. The van der Waals surface area contributed by atoms with Crippen LogP contribution in [0.1, 0.15) is 28.2 Å². The summed E-state index contributed by atoms with van der Waals surface area (Å²) in [5.74, 6) is -0.506. The summed E-state index contributed by atoms with van der Waals surface area (Å²) in [5.41, 5.74) is 11.6. The van der Waals surface area contributed by atoms with Gasteiger partial charge in [-0.25, -0.2) is 0 Å². The fourth-order valence-electron chi connectivity index (χ4n) is 1.74. The van der Waals surface area contributed by atoms with E-state index in [2.05, 4.69) is 5.10 Å². The third-order valence-electron chi connectivity index (χ3n) is 2.55. The Balaban J connectivity index is 2.38. The largest absolute Gasteiger partial charge is 0.366 e. The molecule has 0 radical (unpaired) electrons. The zero-order chi connectivity index (χ0) is 13.3. The van der Waals surface area contributed by atoms with Crippen LogP contribution in [-0.4, -0.2) is 21.7 Å². The lowest BCUT2D eigenvalue weighted by Crippen LogP contribution is -2.30. The number of hydrogen-bond acceptors (Lipinski definition) is 4. The van der Waals surface area contributed by atoms with Gasteiger partial charge in [-0.3, -0.25) is 9.48 Å². The van der Waals surface area contributed by atoms with Crippen molar-refractivity contribution in [3.63, 3.8) is 0 Å². The molecule has 7 heteroatoms. The maximum Gasteiger partial charge on any atom is 0.251 e. The predicted molar refractivity (Wildman–Crippen MR) is 71.9 cm³/mol. The fourth-order valence-corrected chi connectivity index (χ4v) is 3.01. The zero-order valence-electron chi connectivity index (χ0n) is 9.71. The molecule has 18 heavy (non-hydrogen) atoms. The molecule has 2 heterocycles. The Bertz CT molecular complexity index is 563. The number of carbonyl (C=O) groups excluding carboxylic acids is 1. The summed E-state index contributed by atoms with van der Waals surface area (Å²) in [4.78, 5) is 12.1. The third-order valence-corrected chi connectivity index (χ3v) is 3.86. The third kappa shape index (κ3) is 2.55. The highest BCUT2D eigenvalue weighted by Gasteiger charge is 2.21. The van der Waals surface area contributed by atoms with Crippen molar-refractivity contribution < 1.29 is 4.79 Å². The van der Waals surface area contributed by atoms with Crippen molar-refractivity contribution in [3.8, 4) is 0 Å². The molecule has 0 saturated carbocycles. The van der Waals surface area contributed by atoms with E-state index in [0.717, 1.165) is 4.88 Å². The minimum absolute atomic E-state index is 0.157. The van der Waals surface area contributed by atoms with Crippen molar-refractivity contribution in [2.24, 2.45) is 11.5 Å². The first kappa shape index (κ1) is 13.1. The van der Waals surface area contributed by atoms with Crippen molar-refractivity contribution >= 4 is 28.8 Å². The van der Waals surface area contributed by atoms with Gasteiger partial charge in [-0.2, -0.15) is 5.10 Å². The van der Waals surface area contributed by atoms with Crippen LogP contribution in [0.2, 0.25) is 4.34 Å². The molecule has 96 valence electrons. The van der Waals surface area contributed by atoms with Gasteiger partial charge in [-0.1, -0.05) is 11.6 Å². The molecule has 2 atom stereocenters. The van der Waals surface area contributed by atoms with E-state index in [1.807, 2.05) is 19.1 Å². The van der Waals surface area contributed by atoms with Gasteiger partial charge in [0, 0.05) is 17.1 Å². The number of hydrogen-bond donors (Lipinski definition) is 2. The Hall–Kier alpha value is -1.37. The van der Waals surface area contributed by atoms with Crippen molar-refractivity contribution in [1.29, 1.82) is 0 Å². The number of amides is 1. The van der Waals surface area contributed by atoms with Crippen LogP contribution in [0.4, 0.5) is 0 Å². The molecule has 0 saturated heterocycles. The summed E-state index contributed by atoms with van der Waals surface area (Å²) in [5, 5.41) is 4.14. The van der Waals surface area contributed by atoms with Crippen molar-refractivity contribution in [1.82, 2.24) is 9.78 Å². The molecule has 0 fully saturated rings. The quantitative estimate of drug-likeness (QED) is 0.894. The Morgan fingerprint density at radius 3 is 2.72 bits per heavy atom. The Morgan fingerprint density at radius 1 is 1.56 bits per heavy atom. The van der Waals surface area contributed by atoms with Crippen LogP contribution >= 0.6 is 22.9 Å². The van der Waals surface area contributed by atoms with E-state index in [9.17, 15) is 4.79 Å². The summed E-state index contributed by atoms with van der Waals surface area (Å²) < 4.78 is 2.34. The Kier molecular flexibility index (Phi) is 3.70. The first-order chi connectivity index (χ1) is 8.49. The molecule has 0 aliphatic heterocycles. The average Bonchev–Trinajstić information content (AvgIpc) is 2.88. The lowest BCUT2D eigenvalue weighted by Gasteiger charge is -2.19. The number of rotatable bonds is 4. The van der Waals surface area contributed by atoms with Gasteiger partial charge in [-0.05, 0) is 19.1 Å². The van der Waals surface area contributed by atoms with Gasteiger partial charge in [0.2, 0.25) is 0 Å². The molecular formula is C11H13ClN4OS. The van der Waals surface area contributed by atoms with E-state index < -0.39 is 5.91 Å². The molecule has 5 nitrogen and oxygen atoms in total. The number of nitrogens with two attached hydrogens (primary N) is 2. The van der Waals surface area contributed by atoms with Crippen LogP contribution in [-0.2, 0) is 0 Å². The molecular weight excluding hydrogens is 272 g/mol. The first-order valence-corrected chi connectivity index (χ1v) is 6.53. The van der Waals surface area contributed by atoms with Crippen LogP contribution in [0.3, 0.4) is 0 Å². The van der Waals surface area contributed by atoms with Crippen LogP contribution < -0.4 is 11.5 Å². The normalized spacial score (nSPS) is 14.4. The monoisotopic (exact) mass is 284 g/mol. The highest BCUT2D eigenvalue weighted by Crippen LogP contribution is 2.30. The summed E-state index contributed by atoms with van der Waals surface area (Å²) >= 11 is 7.37. The second-order valence-corrected chi connectivity index (χ2v) is 5.77. The van der Waals surface area contributed by atoms with Gasteiger partial charge in [0.1, 0.15) is 6.04 Å². The Labute approximate surface area is 113 Å². The van der Waals surface area contributed by atoms with E-state index in [4.69, 9.17) is 23.1 Å². The summed E-state index contributed by atoms with van der Waals surface area (Å²) in [6, 6.07) is 3.40. The fraction of sp³-hybridized carbons (Fsp3) is 0.273. The molecule has 1 amide bonds. The van der Waals surface area contributed by atoms with E-state index in [1.54, 1.807) is 10.9 Å². The smallest absolute Gasteiger partial charge is 0.251 e. The van der Waals surface area contributed by atoms with Gasteiger partial charge in [0.15, 0.2) is 0 Å². The number of halogens is 1. The summed E-state index contributed by atoms with van der Waals surface area (Å²) in [7, 11) is 0. The Morgan fingerprint density at radius 2 is 2.28 bits per heavy atom. The van der Waals surface area contributed by atoms with Gasteiger partial charge in [-0.15, -0.1) is 11.3 Å². The summed E-state index contributed by atoms with van der Waals surface area (Å²) in [6.07, 6.45) is 3.04. The predicted octanol–water partition coefficient (Wildman–Crippen LogP) is 1.63. The zero-order valence-corrected chi connectivity index (χ0v) is 11.3. The number of aromatic nitrogens is 2. The molecule has 2 aromatic heterocycles. The molecule has 0 spiro atoms. The van der Waals surface area contributed by atoms with Gasteiger partial charge >= 0.3 is 0 Å². The number of primary amides is 1. The van der Waals surface area contributed by atoms with Crippen LogP contribution in [0.5, 0.6) is 0 Å². The van der Waals surface area contributed by atoms with Crippen molar-refractivity contribution in [2.75, 3.05) is 0 Å². The molecule has 0 aliphatic carbocycles. The standard InChI is InChI=1S/C11H13ClN4OS/c1-6(13)10(8-2-3-9(12)18-8)16-5-7(4-15-16)11(14)17/h2-6,10H,13H2,1H3,(H2,14,17). The van der Waals surface area contributed by atoms with E-state index in [-0.39, 0.29) is 12.1 Å². The van der Waals surface area contributed by atoms with E-state index in [0.29, 0.717) is 9.90 Å². The van der Waals surface area contributed by atoms with Crippen LogP contribution in [0, 0.1) is 0 Å². The second kappa shape index (κ2) is 5.09. The van der Waals surface area contributed by atoms with Crippen molar-refractivity contribution in [2.45, 2.75) is 19.0 Å². The lowest BCUT2D eigenvalue weighted by atomic mass is 10.1. The van der Waals surface area contributed by atoms with E-state index in [1.165, 1.54) is 17.5 Å². The number of thiophene rings is 1. The minimum Gasteiger partial charge on any atom is -0.366 e. The molecule has 2 aromatic rings. The average molecular weight is 285 g/mol. The highest BCUT2D eigenvalue weighted by atomic mass is 35.5. The van der Waals surface area contributed by atoms with E-state index >= 15 is 0 Å². The lowest BCUT2D eigenvalue weighted by molar-refractivity contribution is 0.1000. The molecule has 0 aromatic carbocycles. The topological polar surface area (TPSA) is 86.9 Å². The molecule has 4 N–H and O–H groups in total. The maximum absolute atomic E-state index is 11.1.